The topological polar surface area (TPSA) is 55.2 Å². The molecule has 0 saturated heterocycles. The molecule has 1 aromatic rings. The van der Waals surface area contributed by atoms with E-state index in [0.717, 1.165) is 5.56 Å². The average Bonchev–Trinajstić information content (AvgIpc) is 2.52. The second-order valence-corrected chi connectivity index (χ2v) is 4.12. The third kappa shape index (κ3) is 1.46. The summed E-state index contributed by atoms with van der Waals surface area (Å²) < 4.78 is 0.457. The molecule has 0 saturated carbocycles. The van der Waals surface area contributed by atoms with E-state index in [-0.39, 0.29) is 0 Å². The zero-order chi connectivity index (χ0) is 11.8. The molecule has 1 heterocycles. The summed E-state index contributed by atoms with van der Waals surface area (Å²) >= 11 is 0. The Hall–Kier alpha value is -1.84. The second kappa shape index (κ2) is 3.63. The molecule has 0 aromatic heterocycles. The Bertz CT molecular complexity index is 453. The monoisotopic (exact) mass is 218 g/mol. The van der Waals surface area contributed by atoms with Gasteiger partial charge in [-0.2, -0.15) is 9.53 Å². The molecular weight excluding hydrogens is 204 g/mol. The van der Waals surface area contributed by atoms with E-state index in [1.165, 1.54) is 0 Å². The maximum absolute atomic E-state index is 11.7. The average molecular weight is 218 g/mol. The quantitative estimate of drug-likeness (QED) is 0.608. The first-order valence-electron chi connectivity index (χ1n) is 5.31. The van der Waals surface area contributed by atoms with Gasteiger partial charge in [-0.15, -0.1) is 0 Å². The molecular formula is C12H14N2O2. The van der Waals surface area contributed by atoms with Crippen LogP contribution in [0.2, 0.25) is 0 Å². The molecule has 16 heavy (non-hydrogen) atoms. The predicted octanol–water partition coefficient (Wildman–Crippen LogP) is 1.88. The van der Waals surface area contributed by atoms with Crippen LogP contribution in [0, 0.1) is 5.21 Å². The fraction of sp³-hybridized carbons (Fsp3) is 0.333. The van der Waals surface area contributed by atoms with Crippen molar-refractivity contribution in [1.29, 1.82) is 0 Å². The van der Waals surface area contributed by atoms with E-state index >= 15 is 0 Å². The summed E-state index contributed by atoms with van der Waals surface area (Å²) in [4.78, 5) is 11.4. The molecule has 4 heteroatoms. The Kier molecular flexibility index (Phi) is 2.42. The van der Waals surface area contributed by atoms with Crippen molar-refractivity contribution in [3.05, 3.63) is 41.1 Å². The number of nitrogens with one attached hydrogen (secondary N) is 1. The van der Waals surface area contributed by atoms with Gasteiger partial charge in [0.25, 0.3) is 0 Å². The molecule has 0 bridgehead atoms. The highest BCUT2D eigenvalue weighted by Gasteiger charge is 2.46. The van der Waals surface area contributed by atoms with Gasteiger partial charge in [0.1, 0.15) is 0 Å². The van der Waals surface area contributed by atoms with E-state index in [0.29, 0.717) is 16.9 Å². The minimum Gasteiger partial charge on any atom is -0.708 e. The number of amides is 2. The van der Waals surface area contributed by atoms with Crippen molar-refractivity contribution in [1.82, 2.24) is 5.32 Å². The number of rotatable bonds is 2. The second-order valence-electron chi connectivity index (χ2n) is 4.12. The van der Waals surface area contributed by atoms with E-state index in [1.54, 1.807) is 0 Å². The molecule has 0 spiro atoms. The van der Waals surface area contributed by atoms with Crippen LogP contribution in [0.4, 0.5) is 4.79 Å². The maximum atomic E-state index is 11.7. The van der Waals surface area contributed by atoms with Gasteiger partial charge in [-0.3, -0.25) is 0 Å². The van der Waals surface area contributed by atoms with Crippen LogP contribution < -0.4 is 5.32 Å². The van der Waals surface area contributed by atoms with E-state index < -0.39 is 11.6 Å². The number of benzene rings is 1. The highest BCUT2D eigenvalue weighted by atomic mass is 16.5. The van der Waals surface area contributed by atoms with Crippen LogP contribution >= 0.6 is 0 Å². The molecule has 1 N–H and O–H groups in total. The lowest BCUT2D eigenvalue weighted by Crippen LogP contribution is -2.45. The van der Waals surface area contributed by atoms with E-state index in [9.17, 15) is 10.0 Å². The van der Waals surface area contributed by atoms with Crippen molar-refractivity contribution in [3.63, 3.8) is 0 Å². The summed E-state index contributed by atoms with van der Waals surface area (Å²) in [6.07, 6.45) is 0.682. The van der Waals surface area contributed by atoms with Gasteiger partial charge >= 0.3 is 6.03 Å². The maximum Gasteiger partial charge on any atom is 0.495 e. The lowest BCUT2D eigenvalue weighted by atomic mass is 9.89. The largest absolute Gasteiger partial charge is 0.708 e. The molecule has 4 nitrogen and oxygen atoms in total. The molecule has 0 radical (unpaired) electrons. The lowest BCUT2D eigenvalue weighted by molar-refractivity contribution is -0.343. The fourth-order valence-corrected chi connectivity index (χ4v) is 1.96. The lowest BCUT2D eigenvalue weighted by Gasteiger charge is -2.18. The summed E-state index contributed by atoms with van der Waals surface area (Å²) in [6.45, 7) is 3.81. The minimum atomic E-state index is -0.580. The molecule has 0 fully saturated rings. The Morgan fingerprint density at radius 3 is 2.56 bits per heavy atom. The van der Waals surface area contributed by atoms with Crippen LogP contribution in [0.15, 0.2) is 30.3 Å². The van der Waals surface area contributed by atoms with Crippen LogP contribution in [0.5, 0.6) is 0 Å². The van der Waals surface area contributed by atoms with Gasteiger partial charge in [0, 0.05) is 5.56 Å². The minimum absolute atomic E-state index is 0.457. The van der Waals surface area contributed by atoms with Gasteiger partial charge in [-0.05, 0) is 13.3 Å². The number of carbonyl (C=O) groups is 1. The summed E-state index contributed by atoms with van der Waals surface area (Å²) in [5.41, 5.74) is 0.723. The van der Waals surface area contributed by atoms with Crippen LogP contribution in [-0.2, 0) is 0 Å². The fourth-order valence-electron chi connectivity index (χ4n) is 1.96. The van der Waals surface area contributed by atoms with E-state index in [4.69, 9.17) is 0 Å². The smallest absolute Gasteiger partial charge is 0.495 e. The number of nitrogens with zero attached hydrogens (tertiary/aromatic N) is 1. The van der Waals surface area contributed by atoms with Crippen LogP contribution in [0.3, 0.4) is 0 Å². The number of hydroxylamine groups is 1. The predicted molar refractivity (Wildman–Crippen MR) is 61.4 cm³/mol. The van der Waals surface area contributed by atoms with Crippen LogP contribution in [0.25, 0.3) is 0 Å². The number of carbonyl (C=O) groups excluding carboxylic acids is 1. The van der Waals surface area contributed by atoms with Crippen molar-refractivity contribution < 1.29 is 9.53 Å². The Morgan fingerprint density at radius 2 is 2.00 bits per heavy atom. The first kappa shape index (κ1) is 10.7. The normalized spacial score (nSPS) is 24.8. The number of hydrogen-bond acceptors (Lipinski definition) is 2. The molecule has 1 atom stereocenters. The molecule has 0 aliphatic carbocycles. The SMILES string of the molecule is CCC1(C)NC(=O)[N+]([O-])=C1c1ccccc1. The van der Waals surface area contributed by atoms with Crippen LogP contribution in [0.1, 0.15) is 25.8 Å². The zero-order valence-corrected chi connectivity index (χ0v) is 9.36. The van der Waals surface area contributed by atoms with Gasteiger partial charge in [-0.1, -0.05) is 37.3 Å². The molecule has 1 aliphatic heterocycles. The van der Waals surface area contributed by atoms with Gasteiger partial charge in [0.15, 0.2) is 11.3 Å². The summed E-state index contributed by atoms with van der Waals surface area (Å²) in [7, 11) is 0. The first-order chi connectivity index (χ1) is 7.58. The molecule has 1 aromatic carbocycles. The number of hydrogen-bond donors (Lipinski definition) is 1. The summed E-state index contributed by atoms with van der Waals surface area (Å²) in [5.74, 6) is 0. The third-order valence-corrected chi connectivity index (χ3v) is 3.05. The zero-order valence-electron chi connectivity index (χ0n) is 9.36. The Labute approximate surface area is 94.2 Å². The molecule has 84 valence electrons. The standard InChI is InChI=1S/C12H14N2O2/c1-3-12(2)10(14(16)11(15)13-12)9-7-5-4-6-8-9/h4-8H,3H2,1-2H3,(H,13,15). The first-order valence-corrected chi connectivity index (χ1v) is 5.31. The van der Waals surface area contributed by atoms with E-state index in [1.807, 2.05) is 44.2 Å². The van der Waals surface area contributed by atoms with Crippen molar-refractivity contribution in [2.24, 2.45) is 0 Å². The van der Waals surface area contributed by atoms with E-state index in [2.05, 4.69) is 5.32 Å². The van der Waals surface area contributed by atoms with Gasteiger partial charge in [0.05, 0.1) is 0 Å². The van der Waals surface area contributed by atoms with Crippen LogP contribution in [-0.4, -0.2) is 22.0 Å². The molecule has 2 amide bonds. The van der Waals surface area contributed by atoms with Gasteiger partial charge < -0.3 is 5.21 Å². The Balaban J connectivity index is 2.56. The highest BCUT2D eigenvalue weighted by molar-refractivity contribution is 6.09. The van der Waals surface area contributed by atoms with Crippen molar-refractivity contribution in [2.75, 3.05) is 0 Å². The summed E-state index contributed by atoms with van der Waals surface area (Å²) in [6, 6.07) is 8.70. The van der Waals surface area contributed by atoms with Gasteiger partial charge in [-0.25, -0.2) is 5.32 Å². The third-order valence-electron chi connectivity index (χ3n) is 3.05. The van der Waals surface area contributed by atoms with Crippen molar-refractivity contribution >= 4 is 11.7 Å². The summed E-state index contributed by atoms with van der Waals surface area (Å²) in [5, 5.41) is 14.5. The van der Waals surface area contributed by atoms with Gasteiger partial charge in [0.2, 0.25) is 0 Å². The molecule has 2 rings (SSSR count). The molecule has 1 unspecified atom stereocenters. The number of urea groups is 1. The van der Waals surface area contributed by atoms with Crippen molar-refractivity contribution in [3.8, 4) is 0 Å². The molecule has 1 aliphatic rings. The Morgan fingerprint density at radius 1 is 1.38 bits per heavy atom. The van der Waals surface area contributed by atoms with Crippen molar-refractivity contribution in [2.45, 2.75) is 25.8 Å². The highest BCUT2D eigenvalue weighted by Crippen LogP contribution is 2.22.